The summed E-state index contributed by atoms with van der Waals surface area (Å²) in [6.45, 7) is 6.58. The van der Waals surface area contributed by atoms with Crippen molar-refractivity contribution in [1.82, 2.24) is 4.98 Å². The fourth-order valence-electron chi connectivity index (χ4n) is 6.60. The maximum Gasteiger partial charge on any atom is 0.230 e. The topological polar surface area (TPSA) is 66.9 Å². The van der Waals surface area contributed by atoms with Gasteiger partial charge >= 0.3 is 0 Å². The molecule has 7 heteroatoms. The van der Waals surface area contributed by atoms with E-state index in [4.69, 9.17) is 9.47 Å². The molecule has 2 aliphatic heterocycles. The predicted molar refractivity (Wildman–Crippen MR) is 133 cm³/mol. The van der Waals surface area contributed by atoms with Crippen LogP contribution in [-0.4, -0.2) is 49.9 Å². The zero-order valence-corrected chi connectivity index (χ0v) is 19.9. The molecule has 1 N–H and O–H groups in total. The van der Waals surface area contributed by atoms with Crippen LogP contribution in [0.3, 0.4) is 0 Å². The largest absolute Gasteiger partial charge is 0.378 e. The van der Waals surface area contributed by atoms with Crippen molar-refractivity contribution >= 4 is 28.8 Å². The van der Waals surface area contributed by atoms with Gasteiger partial charge in [0.15, 0.2) is 0 Å². The molecule has 1 aromatic carbocycles. The molecule has 4 aliphatic rings. The molecule has 1 unspecified atom stereocenters. The van der Waals surface area contributed by atoms with Crippen LogP contribution in [0.2, 0.25) is 0 Å². The molecule has 0 radical (unpaired) electrons. The van der Waals surface area contributed by atoms with E-state index in [9.17, 15) is 4.79 Å². The third-order valence-corrected chi connectivity index (χ3v) is 8.22. The van der Waals surface area contributed by atoms with Crippen molar-refractivity contribution in [2.24, 2.45) is 17.8 Å². The number of aromatic nitrogens is 1. The third kappa shape index (κ3) is 3.85. The van der Waals surface area contributed by atoms with Gasteiger partial charge in [-0.15, -0.1) is 0 Å². The maximum atomic E-state index is 14.2. The van der Waals surface area contributed by atoms with E-state index in [2.05, 4.69) is 46.4 Å². The zero-order valence-electron chi connectivity index (χ0n) is 19.9. The highest BCUT2D eigenvalue weighted by atomic mass is 16.5. The molecule has 0 spiro atoms. The first-order valence-corrected chi connectivity index (χ1v) is 12.8. The Balaban J connectivity index is 1.34. The number of hydrogen-bond acceptors (Lipinski definition) is 6. The van der Waals surface area contributed by atoms with Crippen LogP contribution in [0.25, 0.3) is 0 Å². The van der Waals surface area contributed by atoms with Gasteiger partial charge in [0.25, 0.3) is 0 Å². The minimum absolute atomic E-state index is 0.0635. The average molecular weight is 463 g/mol. The predicted octanol–water partition coefficient (Wildman–Crippen LogP) is 4.35. The van der Waals surface area contributed by atoms with E-state index in [1.165, 1.54) is 0 Å². The van der Waals surface area contributed by atoms with Crippen LogP contribution in [0, 0.1) is 17.8 Å². The molecule has 1 saturated heterocycles. The van der Waals surface area contributed by atoms with Crippen molar-refractivity contribution in [3.63, 3.8) is 0 Å². The highest BCUT2D eigenvalue weighted by molar-refractivity contribution is 6.00. The summed E-state index contributed by atoms with van der Waals surface area (Å²) < 4.78 is 11.6. The number of fused-ring (bicyclic) bond motifs is 3. The number of nitrogens with one attached hydrogen (secondary N) is 1. The molecule has 1 aromatic heterocycles. The van der Waals surface area contributed by atoms with Gasteiger partial charge in [0.1, 0.15) is 5.82 Å². The van der Waals surface area contributed by atoms with Gasteiger partial charge in [-0.2, -0.15) is 0 Å². The number of nitrogens with zero attached hydrogens (tertiary/aromatic N) is 3. The lowest BCUT2D eigenvalue weighted by Crippen LogP contribution is -2.38. The zero-order chi connectivity index (χ0) is 23.1. The van der Waals surface area contributed by atoms with E-state index < -0.39 is 0 Å². The summed E-state index contributed by atoms with van der Waals surface area (Å²) in [6.07, 6.45) is 6.36. The van der Waals surface area contributed by atoms with E-state index in [0.717, 1.165) is 87.0 Å². The summed E-state index contributed by atoms with van der Waals surface area (Å²) in [7, 11) is 0. The molecular formula is C27H34N4O3. The van der Waals surface area contributed by atoms with E-state index in [-0.39, 0.29) is 11.8 Å². The van der Waals surface area contributed by atoms with E-state index >= 15 is 0 Å². The Labute approximate surface area is 201 Å². The van der Waals surface area contributed by atoms with Crippen molar-refractivity contribution in [2.45, 2.75) is 45.3 Å². The Bertz CT molecular complexity index is 1050. The maximum absolute atomic E-state index is 14.2. The minimum Gasteiger partial charge on any atom is -0.378 e. The highest BCUT2D eigenvalue weighted by Gasteiger charge is 2.49. The van der Waals surface area contributed by atoms with Crippen LogP contribution in [0.4, 0.5) is 22.9 Å². The molecule has 0 bridgehead atoms. The number of carbonyl (C=O) groups excluding carboxylic acids is 1. The lowest BCUT2D eigenvalue weighted by atomic mass is 9.90. The van der Waals surface area contributed by atoms with Crippen molar-refractivity contribution in [3.05, 3.63) is 42.1 Å². The van der Waals surface area contributed by atoms with Crippen molar-refractivity contribution in [3.8, 4) is 0 Å². The highest BCUT2D eigenvalue weighted by Crippen LogP contribution is 2.50. The van der Waals surface area contributed by atoms with Crippen LogP contribution in [0.1, 0.15) is 38.2 Å². The SMILES string of the molecule is CCO[C@@H]1CC[C@H]2C1CC[C@H]2C(=O)N1Cc2cccnc2Nc2ccc(N3CCOCC3)cc21. The fourth-order valence-corrected chi connectivity index (χ4v) is 6.60. The van der Waals surface area contributed by atoms with Gasteiger partial charge in [0.05, 0.1) is 37.2 Å². The molecule has 1 amide bonds. The van der Waals surface area contributed by atoms with Crippen LogP contribution in [0.5, 0.6) is 0 Å². The minimum atomic E-state index is 0.0635. The first kappa shape index (κ1) is 21.9. The van der Waals surface area contributed by atoms with Crippen LogP contribution in [0.15, 0.2) is 36.5 Å². The summed E-state index contributed by atoms with van der Waals surface area (Å²) in [5, 5.41) is 3.51. The summed E-state index contributed by atoms with van der Waals surface area (Å²) in [6, 6.07) is 10.4. The lowest BCUT2D eigenvalue weighted by molar-refractivity contribution is -0.123. The number of pyridine rings is 1. The molecule has 2 aromatic rings. The fraction of sp³-hybridized carbons (Fsp3) is 0.556. The van der Waals surface area contributed by atoms with Gasteiger partial charge in [-0.1, -0.05) is 6.07 Å². The Kier molecular flexibility index (Phi) is 5.91. The molecule has 7 nitrogen and oxygen atoms in total. The summed E-state index contributed by atoms with van der Waals surface area (Å²) in [5.41, 5.74) is 4.08. The Hall–Kier alpha value is -2.64. The van der Waals surface area contributed by atoms with Crippen molar-refractivity contribution in [1.29, 1.82) is 0 Å². The number of rotatable bonds is 4. The number of benzene rings is 1. The van der Waals surface area contributed by atoms with E-state index in [1.807, 2.05) is 11.0 Å². The van der Waals surface area contributed by atoms with Gasteiger partial charge in [0, 0.05) is 43.1 Å². The Morgan fingerprint density at radius 1 is 1.15 bits per heavy atom. The Morgan fingerprint density at radius 3 is 2.85 bits per heavy atom. The first-order chi connectivity index (χ1) is 16.7. The monoisotopic (exact) mass is 462 g/mol. The second-order valence-electron chi connectivity index (χ2n) is 9.94. The molecule has 3 fully saturated rings. The number of hydrogen-bond donors (Lipinski definition) is 1. The van der Waals surface area contributed by atoms with Gasteiger partial charge < -0.3 is 24.6 Å². The standard InChI is InChI=1S/C27H34N4O3/c1-2-34-25-10-8-20-21(25)6-7-22(20)27(32)31-17-18-4-3-11-28-26(18)29-23-9-5-19(16-24(23)31)30-12-14-33-15-13-30/h3-5,9,11,16,20-22,25H,2,6-8,10,12-15,17H2,1H3,(H,28,29)/t20-,21?,22+,25+/m0/s1. The number of carbonyl (C=O) groups is 1. The molecule has 2 saturated carbocycles. The van der Waals surface area contributed by atoms with Gasteiger partial charge in [-0.05, 0) is 68.7 Å². The number of morpholine rings is 1. The van der Waals surface area contributed by atoms with Crippen molar-refractivity contribution in [2.75, 3.05) is 48.0 Å². The van der Waals surface area contributed by atoms with E-state index in [0.29, 0.717) is 24.5 Å². The molecule has 180 valence electrons. The van der Waals surface area contributed by atoms with Crippen LogP contribution < -0.4 is 15.1 Å². The number of amides is 1. The molecule has 34 heavy (non-hydrogen) atoms. The second-order valence-corrected chi connectivity index (χ2v) is 9.94. The average Bonchev–Trinajstić information content (AvgIpc) is 3.42. The molecular weight excluding hydrogens is 428 g/mol. The van der Waals surface area contributed by atoms with Crippen molar-refractivity contribution < 1.29 is 14.3 Å². The number of ether oxygens (including phenoxy) is 2. The lowest BCUT2D eigenvalue weighted by Gasteiger charge is -2.32. The van der Waals surface area contributed by atoms with Gasteiger partial charge in [0.2, 0.25) is 5.91 Å². The smallest absolute Gasteiger partial charge is 0.230 e. The molecule has 4 atom stereocenters. The first-order valence-electron chi connectivity index (χ1n) is 12.8. The summed E-state index contributed by atoms with van der Waals surface area (Å²) in [5.74, 6) is 2.10. The Morgan fingerprint density at radius 2 is 2.00 bits per heavy atom. The third-order valence-electron chi connectivity index (χ3n) is 8.22. The summed E-state index contributed by atoms with van der Waals surface area (Å²) >= 11 is 0. The normalized spacial score (nSPS) is 28.0. The second kappa shape index (κ2) is 9.19. The summed E-state index contributed by atoms with van der Waals surface area (Å²) in [4.78, 5) is 23.2. The van der Waals surface area contributed by atoms with Crippen LogP contribution >= 0.6 is 0 Å². The van der Waals surface area contributed by atoms with Gasteiger partial charge in [-0.25, -0.2) is 4.98 Å². The van der Waals surface area contributed by atoms with Crippen LogP contribution in [-0.2, 0) is 20.8 Å². The quantitative estimate of drug-likeness (QED) is 0.729. The van der Waals surface area contributed by atoms with E-state index in [1.54, 1.807) is 6.20 Å². The molecule has 3 heterocycles. The number of anilines is 4. The molecule has 2 aliphatic carbocycles. The van der Waals surface area contributed by atoms with Gasteiger partial charge in [-0.3, -0.25) is 4.79 Å². The molecule has 6 rings (SSSR count).